The largest absolute Gasteiger partial charge is 0.405 e. The third-order valence-electron chi connectivity index (χ3n) is 4.44. The van der Waals surface area contributed by atoms with Gasteiger partial charge in [-0.15, -0.1) is 10.7 Å². The average molecular weight is 408 g/mol. The molecule has 2 aromatic heterocycles. The van der Waals surface area contributed by atoms with Gasteiger partial charge in [0.2, 0.25) is 5.95 Å². The number of anilines is 4. The molecule has 0 spiro atoms. The molecule has 4 rings (SSSR count). The Hall–Kier alpha value is -2.75. The third kappa shape index (κ3) is 3.77. The van der Waals surface area contributed by atoms with Gasteiger partial charge < -0.3 is 19.9 Å². The molecule has 10 heteroatoms. The molecule has 1 aliphatic heterocycles. The molecule has 3 heterocycles. The molecule has 28 heavy (non-hydrogen) atoms. The minimum absolute atomic E-state index is 0.0869. The molecule has 1 unspecified atom stereocenters. The van der Waals surface area contributed by atoms with Crippen molar-refractivity contribution in [2.75, 3.05) is 34.3 Å². The summed E-state index contributed by atoms with van der Waals surface area (Å²) in [5, 5.41) is 5.96. The van der Waals surface area contributed by atoms with E-state index in [4.69, 9.17) is 0 Å². The van der Waals surface area contributed by atoms with Gasteiger partial charge in [0.25, 0.3) is 0 Å². The normalized spacial score (nSPS) is 14.9. The summed E-state index contributed by atoms with van der Waals surface area (Å²) in [7, 11) is -0.0869. The fourth-order valence-electron chi connectivity index (χ4n) is 3.22. The van der Waals surface area contributed by atoms with E-state index < -0.39 is 12.7 Å². The van der Waals surface area contributed by atoms with E-state index in [1.54, 1.807) is 12.3 Å². The predicted molar refractivity (Wildman–Crippen MR) is 110 cm³/mol. The van der Waals surface area contributed by atoms with E-state index in [9.17, 15) is 13.2 Å². The molecule has 1 aliphatic rings. The molecule has 3 aromatic rings. The Kier molecular flexibility index (Phi) is 4.66. The van der Waals surface area contributed by atoms with Crippen molar-refractivity contribution in [3.05, 3.63) is 36.0 Å². The standard InChI is InChI=1S/C18H19F3N6S/c1-28(2)27-8-6-11-9-12(3-4-14(11)27)24-17-25-15-13(5-7-22-15)16(26-17)23-10-18(19,20)21/h3-5,7,9H,1,6,8,10H2,2H3,(H3,22,23,24,25,26). The molecular weight excluding hydrogens is 389 g/mol. The molecule has 148 valence electrons. The summed E-state index contributed by atoms with van der Waals surface area (Å²) in [5.41, 5.74) is 3.61. The summed E-state index contributed by atoms with van der Waals surface area (Å²) < 4.78 is 40.0. The Morgan fingerprint density at radius 3 is 2.86 bits per heavy atom. The summed E-state index contributed by atoms with van der Waals surface area (Å²) in [6, 6.07) is 7.60. The van der Waals surface area contributed by atoms with Crippen molar-refractivity contribution in [3.8, 4) is 0 Å². The number of hydrogen-bond acceptors (Lipinski definition) is 5. The SMILES string of the molecule is C=S(C)N1CCc2cc(Nc3nc(NCC(F)(F)F)c4cc[nH]c4n3)ccc21. The number of alkyl halides is 3. The number of nitrogens with zero attached hydrogens (tertiary/aromatic N) is 3. The number of nitrogens with one attached hydrogen (secondary N) is 3. The fourth-order valence-corrected chi connectivity index (χ4v) is 4.13. The Morgan fingerprint density at radius 1 is 1.29 bits per heavy atom. The van der Waals surface area contributed by atoms with E-state index in [1.165, 1.54) is 11.3 Å². The molecule has 0 saturated heterocycles. The maximum Gasteiger partial charge on any atom is 0.405 e. The van der Waals surface area contributed by atoms with Crippen molar-refractivity contribution in [1.29, 1.82) is 0 Å². The number of fused-ring (bicyclic) bond motifs is 2. The Balaban J connectivity index is 1.61. The third-order valence-corrected chi connectivity index (χ3v) is 5.57. The zero-order valence-corrected chi connectivity index (χ0v) is 15.9. The van der Waals surface area contributed by atoms with Gasteiger partial charge in [-0.3, -0.25) is 0 Å². The molecular formula is C18H19F3N6S. The van der Waals surface area contributed by atoms with Crippen LogP contribution in [0.25, 0.3) is 11.0 Å². The minimum atomic E-state index is -4.33. The van der Waals surface area contributed by atoms with Crippen molar-refractivity contribution in [1.82, 2.24) is 15.0 Å². The van der Waals surface area contributed by atoms with E-state index >= 15 is 0 Å². The van der Waals surface area contributed by atoms with Gasteiger partial charge in [-0.2, -0.15) is 23.1 Å². The predicted octanol–water partition coefficient (Wildman–Crippen LogP) is 4.28. The molecule has 0 amide bonds. The van der Waals surface area contributed by atoms with Gasteiger partial charge in [-0.05, 0) is 42.5 Å². The number of H-pyrrole nitrogens is 1. The summed E-state index contributed by atoms with van der Waals surface area (Å²) in [4.78, 5) is 11.5. The molecule has 0 bridgehead atoms. The highest BCUT2D eigenvalue weighted by Gasteiger charge is 2.27. The highest BCUT2D eigenvalue weighted by Crippen LogP contribution is 2.36. The number of rotatable bonds is 5. The van der Waals surface area contributed by atoms with Crippen LogP contribution in [0.3, 0.4) is 0 Å². The highest BCUT2D eigenvalue weighted by atomic mass is 32.2. The van der Waals surface area contributed by atoms with Crippen LogP contribution in [-0.4, -0.2) is 46.3 Å². The molecule has 0 aliphatic carbocycles. The Morgan fingerprint density at radius 2 is 2.11 bits per heavy atom. The van der Waals surface area contributed by atoms with Crippen molar-refractivity contribution >= 4 is 50.7 Å². The second-order valence-electron chi connectivity index (χ2n) is 6.53. The van der Waals surface area contributed by atoms with Crippen LogP contribution in [0.1, 0.15) is 5.56 Å². The van der Waals surface area contributed by atoms with E-state index in [2.05, 4.69) is 42.0 Å². The number of benzene rings is 1. The number of halogens is 3. The zero-order valence-electron chi connectivity index (χ0n) is 15.1. The second kappa shape index (κ2) is 7.01. The lowest BCUT2D eigenvalue weighted by Crippen LogP contribution is -2.22. The zero-order chi connectivity index (χ0) is 19.9. The lowest BCUT2D eigenvalue weighted by Gasteiger charge is -2.20. The molecule has 0 fully saturated rings. The van der Waals surface area contributed by atoms with Crippen LogP contribution in [0.15, 0.2) is 30.5 Å². The fraction of sp³-hybridized carbons (Fsp3) is 0.278. The molecule has 1 atom stereocenters. The number of aromatic amines is 1. The lowest BCUT2D eigenvalue weighted by molar-refractivity contribution is -0.115. The van der Waals surface area contributed by atoms with Crippen LogP contribution in [0.2, 0.25) is 0 Å². The van der Waals surface area contributed by atoms with Gasteiger partial charge in [0.15, 0.2) is 0 Å². The quantitative estimate of drug-likeness (QED) is 0.550. The molecule has 0 radical (unpaired) electrons. The first-order valence-electron chi connectivity index (χ1n) is 8.59. The lowest BCUT2D eigenvalue weighted by atomic mass is 10.1. The molecule has 0 saturated carbocycles. The first-order chi connectivity index (χ1) is 13.3. The van der Waals surface area contributed by atoms with Crippen LogP contribution in [0.4, 0.5) is 36.3 Å². The van der Waals surface area contributed by atoms with Crippen molar-refractivity contribution in [2.24, 2.45) is 0 Å². The molecule has 6 nitrogen and oxygen atoms in total. The summed E-state index contributed by atoms with van der Waals surface area (Å²) in [6.07, 6.45) is 0.286. The van der Waals surface area contributed by atoms with Crippen LogP contribution in [0, 0.1) is 0 Å². The van der Waals surface area contributed by atoms with E-state index in [0.717, 1.165) is 18.7 Å². The Bertz CT molecular complexity index is 1050. The first-order valence-corrected chi connectivity index (χ1v) is 10.3. The van der Waals surface area contributed by atoms with Crippen LogP contribution >= 0.6 is 10.7 Å². The number of aromatic nitrogens is 3. The van der Waals surface area contributed by atoms with Gasteiger partial charge in [0.1, 0.15) is 18.0 Å². The monoisotopic (exact) mass is 408 g/mol. The first kappa shape index (κ1) is 18.6. The summed E-state index contributed by atoms with van der Waals surface area (Å²) >= 11 is 0. The van der Waals surface area contributed by atoms with Crippen LogP contribution in [-0.2, 0) is 6.42 Å². The summed E-state index contributed by atoms with van der Waals surface area (Å²) in [5.74, 6) is 4.46. The van der Waals surface area contributed by atoms with Crippen LogP contribution in [0.5, 0.6) is 0 Å². The average Bonchev–Trinajstić information content (AvgIpc) is 3.25. The van der Waals surface area contributed by atoms with Gasteiger partial charge >= 0.3 is 6.18 Å². The maximum absolute atomic E-state index is 12.6. The smallest absolute Gasteiger partial charge is 0.360 e. The van der Waals surface area contributed by atoms with Crippen molar-refractivity contribution in [2.45, 2.75) is 12.6 Å². The van der Waals surface area contributed by atoms with Crippen LogP contribution < -0.4 is 14.9 Å². The Labute approximate surface area is 162 Å². The van der Waals surface area contributed by atoms with Crippen molar-refractivity contribution < 1.29 is 13.2 Å². The van der Waals surface area contributed by atoms with Crippen molar-refractivity contribution in [3.63, 3.8) is 0 Å². The molecule has 3 N–H and O–H groups in total. The van der Waals surface area contributed by atoms with Gasteiger partial charge in [-0.25, -0.2) is 0 Å². The van der Waals surface area contributed by atoms with E-state index in [0.29, 0.717) is 11.0 Å². The topological polar surface area (TPSA) is 68.9 Å². The van der Waals surface area contributed by atoms with Gasteiger partial charge in [0, 0.05) is 24.1 Å². The number of hydrogen-bond donors (Lipinski definition) is 3. The van der Waals surface area contributed by atoms with Gasteiger partial charge in [-0.1, -0.05) is 5.87 Å². The maximum atomic E-state index is 12.6. The summed E-state index contributed by atoms with van der Waals surface area (Å²) in [6.45, 7) is -0.235. The minimum Gasteiger partial charge on any atom is -0.360 e. The van der Waals surface area contributed by atoms with E-state index in [-0.39, 0.29) is 22.4 Å². The van der Waals surface area contributed by atoms with Gasteiger partial charge in [0.05, 0.1) is 5.39 Å². The van der Waals surface area contributed by atoms with E-state index in [1.807, 2.05) is 18.2 Å². The second-order valence-corrected chi connectivity index (χ2v) is 8.17. The highest BCUT2D eigenvalue weighted by molar-refractivity contribution is 8.14. The molecule has 1 aromatic carbocycles.